The SMILES string of the molecule is Cc1cc(NC(=O)NCCN2CCN(S(=O)(=O)c3ccccc3C)CC2)c2ccccc2n1. The number of nitrogens with zero attached hydrogens (tertiary/aromatic N) is 3. The molecular formula is C24H29N5O3S. The van der Waals surface area contributed by atoms with E-state index in [9.17, 15) is 13.2 Å². The molecule has 33 heavy (non-hydrogen) atoms. The molecule has 2 aromatic carbocycles. The number of aryl methyl sites for hydroxylation is 2. The zero-order chi connectivity index (χ0) is 23.4. The number of amides is 2. The molecule has 0 unspecified atom stereocenters. The molecule has 0 radical (unpaired) electrons. The molecule has 1 fully saturated rings. The van der Waals surface area contributed by atoms with Crippen molar-refractivity contribution in [3.63, 3.8) is 0 Å². The second-order valence-electron chi connectivity index (χ2n) is 8.22. The fourth-order valence-corrected chi connectivity index (χ4v) is 5.73. The number of benzene rings is 2. The van der Waals surface area contributed by atoms with Crippen LogP contribution >= 0.6 is 0 Å². The van der Waals surface area contributed by atoms with Crippen LogP contribution in [0.2, 0.25) is 0 Å². The molecule has 2 N–H and O–H groups in total. The number of hydrogen-bond donors (Lipinski definition) is 2. The number of sulfonamides is 1. The molecule has 1 aromatic heterocycles. The van der Waals surface area contributed by atoms with Crippen molar-refractivity contribution in [2.75, 3.05) is 44.6 Å². The molecule has 1 aliphatic heterocycles. The molecule has 4 rings (SSSR count). The van der Waals surface area contributed by atoms with Gasteiger partial charge in [-0.05, 0) is 37.6 Å². The van der Waals surface area contributed by atoms with Crippen LogP contribution in [0.25, 0.3) is 10.9 Å². The fraction of sp³-hybridized carbons (Fsp3) is 0.333. The number of piperazine rings is 1. The van der Waals surface area contributed by atoms with Crippen LogP contribution in [0.15, 0.2) is 59.5 Å². The monoisotopic (exact) mass is 467 g/mol. The van der Waals surface area contributed by atoms with Crippen LogP contribution in [0.4, 0.5) is 10.5 Å². The summed E-state index contributed by atoms with van der Waals surface area (Å²) < 4.78 is 27.4. The van der Waals surface area contributed by atoms with Gasteiger partial charge in [0.1, 0.15) is 0 Å². The van der Waals surface area contributed by atoms with Crippen LogP contribution in [0.3, 0.4) is 0 Å². The lowest BCUT2D eigenvalue weighted by Crippen LogP contribution is -2.50. The van der Waals surface area contributed by atoms with Crippen molar-refractivity contribution in [3.8, 4) is 0 Å². The Kier molecular flexibility index (Phi) is 6.92. The number of rotatable bonds is 6. The topological polar surface area (TPSA) is 94.6 Å². The largest absolute Gasteiger partial charge is 0.337 e. The summed E-state index contributed by atoms with van der Waals surface area (Å²) in [6.07, 6.45) is 0. The Balaban J connectivity index is 1.26. The molecule has 8 nitrogen and oxygen atoms in total. The summed E-state index contributed by atoms with van der Waals surface area (Å²) in [5.41, 5.74) is 3.16. The summed E-state index contributed by atoms with van der Waals surface area (Å²) in [4.78, 5) is 19.5. The molecule has 1 saturated heterocycles. The lowest BCUT2D eigenvalue weighted by Gasteiger charge is -2.34. The number of nitrogens with one attached hydrogen (secondary N) is 2. The van der Waals surface area contributed by atoms with Gasteiger partial charge in [0.25, 0.3) is 0 Å². The maximum Gasteiger partial charge on any atom is 0.319 e. The van der Waals surface area contributed by atoms with Gasteiger partial charge in [-0.3, -0.25) is 9.88 Å². The van der Waals surface area contributed by atoms with Crippen molar-refractivity contribution in [2.45, 2.75) is 18.7 Å². The number of urea groups is 1. The molecule has 0 saturated carbocycles. The molecule has 2 heterocycles. The highest BCUT2D eigenvalue weighted by molar-refractivity contribution is 7.89. The molecule has 0 aliphatic carbocycles. The lowest BCUT2D eigenvalue weighted by atomic mass is 10.1. The van der Waals surface area contributed by atoms with E-state index in [0.717, 1.165) is 27.8 Å². The van der Waals surface area contributed by atoms with E-state index < -0.39 is 10.0 Å². The number of hydrogen-bond acceptors (Lipinski definition) is 5. The number of pyridine rings is 1. The number of carbonyl (C=O) groups is 1. The zero-order valence-electron chi connectivity index (χ0n) is 18.9. The number of aromatic nitrogens is 1. The minimum absolute atomic E-state index is 0.272. The van der Waals surface area contributed by atoms with Crippen LogP contribution in [0, 0.1) is 13.8 Å². The maximum absolute atomic E-state index is 12.9. The summed E-state index contributed by atoms with van der Waals surface area (Å²) in [7, 11) is -3.48. The highest BCUT2D eigenvalue weighted by atomic mass is 32.2. The molecule has 0 atom stereocenters. The lowest BCUT2D eigenvalue weighted by molar-refractivity contribution is 0.189. The Morgan fingerprint density at radius 2 is 1.70 bits per heavy atom. The zero-order valence-corrected chi connectivity index (χ0v) is 19.7. The summed E-state index contributed by atoms with van der Waals surface area (Å²) >= 11 is 0. The second-order valence-corrected chi connectivity index (χ2v) is 10.1. The van der Waals surface area contributed by atoms with Crippen molar-refractivity contribution in [2.24, 2.45) is 0 Å². The Hall–Kier alpha value is -3.01. The van der Waals surface area contributed by atoms with Gasteiger partial charge in [0.15, 0.2) is 0 Å². The third-order valence-corrected chi connectivity index (χ3v) is 7.91. The first-order chi connectivity index (χ1) is 15.8. The molecule has 1 aliphatic rings. The summed E-state index contributed by atoms with van der Waals surface area (Å²) in [5, 5.41) is 6.70. The van der Waals surface area contributed by atoms with Crippen molar-refractivity contribution in [3.05, 3.63) is 65.9 Å². The van der Waals surface area contributed by atoms with Crippen molar-refractivity contribution in [1.82, 2.24) is 19.5 Å². The van der Waals surface area contributed by atoms with Crippen molar-refractivity contribution in [1.29, 1.82) is 0 Å². The van der Waals surface area contributed by atoms with Gasteiger partial charge >= 0.3 is 6.03 Å². The first kappa shape index (κ1) is 23.2. The minimum atomic E-state index is -3.48. The van der Waals surface area contributed by atoms with Gasteiger partial charge in [0.2, 0.25) is 10.0 Å². The van der Waals surface area contributed by atoms with Gasteiger partial charge in [-0.15, -0.1) is 0 Å². The number of para-hydroxylation sites is 1. The number of carbonyl (C=O) groups excluding carboxylic acids is 1. The van der Waals surface area contributed by atoms with E-state index in [0.29, 0.717) is 44.2 Å². The average Bonchev–Trinajstić information content (AvgIpc) is 2.79. The Morgan fingerprint density at radius 1 is 1.00 bits per heavy atom. The van der Waals surface area contributed by atoms with Gasteiger partial charge in [-0.25, -0.2) is 13.2 Å². The molecule has 3 aromatic rings. The molecule has 174 valence electrons. The average molecular weight is 468 g/mol. The van der Waals surface area contributed by atoms with E-state index >= 15 is 0 Å². The first-order valence-electron chi connectivity index (χ1n) is 11.0. The Bertz CT molecular complexity index is 1250. The summed E-state index contributed by atoms with van der Waals surface area (Å²) in [6.45, 7) is 6.96. The standard InChI is InChI=1S/C24H29N5O3S/c1-18-7-3-6-10-23(18)33(31,32)29-15-13-28(14-16-29)12-11-25-24(30)27-22-17-19(2)26-21-9-5-4-8-20(21)22/h3-10,17H,11-16H2,1-2H3,(H2,25,26,27,30). The van der Waals surface area contributed by atoms with Gasteiger partial charge < -0.3 is 10.6 Å². The first-order valence-corrected chi connectivity index (χ1v) is 12.5. The summed E-state index contributed by atoms with van der Waals surface area (Å²) in [5.74, 6) is 0. The van der Waals surface area contributed by atoms with Crippen LogP contribution < -0.4 is 10.6 Å². The van der Waals surface area contributed by atoms with E-state index in [-0.39, 0.29) is 6.03 Å². The third-order valence-electron chi connectivity index (χ3n) is 5.85. The van der Waals surface area contributed by atoms with Crippen molar-refractivity contribution < 1.29 is 13.2 Å². The second kappa shape index (κ2) is 9.86. The molecule has 2 amide bonds. The predicted octanol–water partition coefficient (Wildman–Crippen LogP) is 2.98. The molecule has 0 bridgehead atoms. The van der Waals surface area contributed by atoms with Gasteiger partial charge in [0.05, 0.1) is 16.1 Å². The molecule has 9 heteroatoms. The highest BCUT2D eigenvalue weighted by Gasteiger charge is 2.29. The van der Waals surface area contributed by atoms with Gasteiger partial charge in [-0.2, -0.15) is 4.31 Å². The predicted molar refractivity (Wildman–Crippen MR) is 130 cm³/mol. The number of anilines is 1. The minimum Gasteiger partial charge on any atom is -0.337 e. The fourth-order valence-electron chi connectivity index (χ4n) is 4.08. The normalized spacial score (nSPS) is 15.5. The van der Waals surface area contributed by atoms with E-state index in [1.807, 2.05) is 56.3 Å². The molecular weight excluding hydrogens is 438 g/mol. The Labute approximate surface area is 194 Å². The van der Waals surface area contributed by atoms with Gasteiger partial charge in [-0.1, -0.05) is 36.4 Å². The van der Waals surface area contributed by atoms with Gasteiger partial charge in [0, 0.05) is 50.3 Å². The number of fused-ring (bicyclic) bond motifs is 1. The van der Waals surface area contributed by atoms with E-state index in [4.69, 9.17) is 0 Å². The van der Waals surface area contributed by atoms with Crippen LogP contribution in [0.5, 0.6) is 0 Å². The van der Waals surface area contributed by atoms with Crippen LogP contribution in [-0.2, 0) is 10.0 Å². The van der Waals surface area contributed by atoms with Crippen LogP contribution in [0.1, 0.15) is 11.3 Å². The summed E-state index contributed by atoms with van der Waals surface area (Å²) in [6, 6.07) is 16.3. The highest BCUT2D eigenvalue weighted by Crippen LogP contribution is 2.23. The van der Waals surface area contributed by atoms with E-state index in [2.05, 4.69) is 20.5 Å². The Morgan fingerprint density at radius 3 is 2.45 bits per heavy atom. The quantitative estimate of drug-likeness (QED) is 0.581. The van der Waals surface area contributed by atoms with Crippen molar-refractivity contribution >= 4 is 32.6 Å². The van der Waals surface area contributed by atoms with E-state index in [1.165, 1.54) is 0 Å². The maximum atomic E-state index is 12.9. The smallest absolute Gasteiger partial charge is 0.319 e. The van der Waals surface area contributed by atoms with E-state index in [1.54, 1.807) is 16.4 Å². The van der Waals surface area contributed by atoms with Crippen LogP contribution in [-0.4, -0.2) is 67.9 Å². The third kappa shape index (κ3) is 5.32. The molecule has 0 spiro atoms.